The number of carbonyl (C=O) groups is 2. The minimum Gasteiger partial charge on any atom is -0.747 e. The second kappa shape index (κ2) is 22.4. The van der Waals surface area contributed by atoms with E-state index in [1.165, 1.54) is 57.8 Å². The smallest absolute Gasteiger partial charge is 0.747 e. The first-order chi connectivity index (χ1) is 14.8. The van der Waals surface area contributed by atoms with Gasteiger partial charge in [0.2, 0.25) is 0 Å². The Morgan fingerprint density at radius 3 is 1.75 bits per heavy atom. The van der Waals surface area contributed by atoms with Gasteiger partial charge in [0.05, 0.1) is 19.3 Å². The second-order valence-corrected chi connectivity index (χ2v) is 9.42. The first kappa shape index (κ1) is 33.8. The molecular weight excluding hydrogens is 443 g/mol. The van der Waals surface area contributed by atoms with Gasteiger partial charge in [0, 0.05) is 0 Å². The van der Waals surface area contributed by atoms with Gasteiger partial charge >= 0.3 is 41.5 Å². The van der Waals surface area contributed by atoms with Crippen LogP contribution in [0.5, 0.6) is 0 Å². The molecule has 182 valence electrons. The summed E-state index contributed by atoms with van der Waals surface area (Å²) in [6, 6.07) is 0. The van der Waals surface area contributed by atoms with E-state index < -0.39 is 33.7 Å². The van der Waals surface area contributed by atoms with Crippen molar-refractivity contribution in [3.05, 3.63) is 12.3 Å². The molecule has 0 radical (unpaired) electrons. The first-order valence-electron chi connectivity index (χ1n) is 11.8. The van der Waals surface area contributed by atoms with Gasteiger partial charge in [-0.15, -0.1) is 0 Å². The zero-order valence-corrected chi connectivity index (χ0v) is 23.1. The van der Waals surface area contributed by atoms with Gasteiger partial charge in [-0.25, -0.2) is 8.42 Å². The molecule has 0 fully saturated rings. The summed E-state index contributed by atoms with van der Waals surface area (Å²) < 4.78 is 43.5. The van der Waals surface area contributed by atoms with Crippen molar-refractivity contribution in [3.8, 4) is 0 Å². The van der Waals surface area contributed by atoms with Gasteiger partial charge in [-0.1, -0.05) is 90.9 Å². The SMILES string of the molecule is CC/C=C/OC(=O)CC(C(=O)OCCCCCCCCCCCCCCC)S(=O)(=O)[O-].[Na+]. The van der Waals surface area contributed by atoms with Crippen LogP contribution in [0, 0.1) is 0 Å². The van der Waals surface area contributed by atoms with E-state index in [4.69, 9.17) is 4.74 Å². The summed E-state index contributed by atoms with van der Waals surface area (Å²) in [4.78, 5) is 23.5. The van der Waals surface area contributed by atoms with E-state index in [1.807, 2.05) is 6.92 Å². The van der Waals surface area contributed by atoms with Crippen molar-refractivity contribution in [2.24, 2.45) is 0 Å². The standard InChI is InChI=1S/C23H42O7S.Na/c1-3-5-7-8-9-10-11-12-13-14-15-16-17-19-30-23(25)21(31(26,27)28)20-22(24)29-18-6-4-2;/h6,18,21H,3-5,7-17,19-20H2,1-2H3,(H,26,27,28);/q;+1/p-1/b18-6+;. The maximum absolute atomic E-state index is 11.9. The summed E-state index contributed by atoms with van der Waals surface area (Å²) in [5.41, 5.74) is 0. The molecule has 0 aromatic rings. The Morgan fingerprint density at radius 2 is 1.31 bits per heavy atom. The fourth-order valence-electron chi connectivity index (χ4n) is 3.11. The molecule has 0 amide bonds. The van der Waals surface area contributed by atoms with Gasteiger partial charge in [-0.05, 0) is 18.9 Å². The number of hydrogen-bond acceptors (Lipinski definition) is 7. The van der Waals surface area contributed by atoms with Crippen LogP contribution >= 0.6 is 0 Å². The average molecular weight is 485 g/mol. The number of ether oxygens (including phenoxy) is 2. The molecule has 0 rings (SSSR count). The predicted molar refractivity (Wildman–Crippen MR) is 120 cm³/mol. The Hall–Kier alpha value is -0.410. The van der Waals surface area contributed by atoms with Crippen molar-refractivity contribution in [2.75, 3.05) is 6.61 Å². The van der Waals surface area contributed by atoms with E-state index in [0.717, 1.165) is 25.5 Å². The summed E-state index contributed by atoms with van der Waals surface area (Å²) in [5.74, 6) is -2.16. The van der Waals surface area contributed by atoms with E-state index in [9.17, 15) is 22.6 Å². The maximum Gasteiger partial charge on any atom is 1.00 e. The summed E-state index contributed by atoms with van der Waals surface area (Å²) in [7, 11) is -5.01. The molecule has 0 saturated heterocycles. The van der Waals surface area contributed by atoms with E-state index in [2.05, 4.69) is 11.7 Å². The molecule has 0 heterocycles. The molecule has 0 saturated carbocycles. The summed E-state index contributed by atoms with van der Waals surface area (Å²) in [6.45, 7) is 4.08. The summed E-state index contributed by atoms with van der Waals surface area (Å²) in [5, 5.41) is -2.07. The van der Waals surface area contributed by atoms with Crippen LogP contribution in [0.2, 0.25) is 0 Å². The van der Waals surface area contributed by atoms with Crippen molar-refractivity contribution < 1.29 is 61.6 Å². The van der Waals surface area contributed by atoms with Crippen molar-refractivity contribution in [2.45, 2.75) is 115 Å². The molecule has 0 bridgehead atoms. The molecule has 0 aliphatic heterocycles. The van der Waals surface area contributed by atoms with Gasteiger partial charge in [0.15, 0.2) is 5.25 Å². The molecule has 0 aromatic carbocycles. The average Bonchev–Trinajstić information content (AvgIpc) is 2.71. The van der Waals surface area contributed by atoms with Crippen LogP contribution in [0.1, 0.15) is 110 Å². The minimum absolute atomic E-state index is 0. The third kappa shape index (κ3) is 20.2. The molecule has 0 aromatic heterocycles. The van der Waals surface area contributed by atoms with Crippen LogP contribution < -0.4 is 29.6 Å². The van der Waals surface area contributed by atoms with Gasteiger partial charge in [0.1, 0.15) is 10.1 Å². The molecule has 0 aliphatic rings. The van der Waals surface area contributed by atoms with Crippen molar-refractivity contribution >= 4 is 22.1 Å². The zero-order valence-electron chi connectivity index (χ0n) is 20.3. The molecular formula is C23H41NaO7S. The van der Waals surface area contributed by atoms with Gasteiger partial charge in [0.25, 0.3) is 0 Å². The molecule has 1 atom stereocenters. The molecule has 0 N–H and O–H groups in total. The quantitative estimate of drug-likeness (QED) is 0.0858. The Bertz CT molecular complexity index is 605. The van der Waals surface area contributed by atoms with Gasteiger partial charge in [-0.3, -0.25) is 9.59 Å². The fraction of sp³-hybridized carbons (Fsp3) is 0.826. The number of allylic oxidation sites excluding steroid dienone is 1. The Morgan fingerprint density at radius 1 is 0.844 bits per heavy atom. The zero-order chi connectivity index (χ0) is 23.4. The van der Waals surface area contributed by atoms with Crippen LogP contribution in [-0.4, -0.2) is 36.8 Å². The number of unbranched alkanes of at least 4 members (excludes halogenated alkanes) is 12. The number of rotatable bonds is 20. The monoisotopic (exact) mass is 484 g/mol. The van der Waals surface area contributed by atoms with E-state index >= 15 is 0 Å². The molecule has 9 heteroatoms. The molecule has 0 aliphatic carbocycles. The largest absolute Gasteiger partial charge is 1.00 e. The van der Waals surface area contributed by atoms with E-state index in [-0.39, 0.29) is 36.2 Å². The number of carbonyl (C=O) groups excluding carboxylic acids is 2. The van der Waals surface area contributed by atoms with Crippen LogP contribution in [0.3, 0.4) is 0 Å². The first-order valence-corrected chi connectivity index (χ1v) is 13.3. The minimum atomic E-state index is -5.01. The molecule has 1 unspecified atom stereocenters. The number of hydrogen-bond donors (Lipinski definition) is 0. The molecule has 7 nitrogen and oxygen atoms in total. The van der Waals surface area contributed by atoms with E-state index in [0.29, 0.717) is 12.8 Å². The van der Waals surface area contributed by atoms with Crippen LogP contribution in [0.15, 0.2) is 12.3 Å². The van der Waals surface area contributed by atoms with Crippen LogP contribution in [0.4, 0.5) is 0 Å². The fourth-order valence-corrected chi connectivity index (χ4v) is 3.75. The Labute approximate surface area is 217 Å². The maximum atomic E-state index is 11.9. The summed E-state index contributed by atoms with van der Waals surface area (Å²) in [6.07, 6.45) is 17.7. The van der Waals surface area contributed by atoms with E-state index in [1.54, 1.807) is 6.08 Å². The Balaban J connectivity index is 0. The number of esters is 2. The van der Waals surface area contributed by atoms with Crippen LogP contribution in [-0.2, 0) is 29.2 Å². The predicted octanol–water partition coefficient (Wildman–Crippen LogP) is 2.40. The summed E-state index contributed by atoms with van der Waals surface area (Å²) >= 11 is 0. The molecule has 0 spiro atoms. The van der Waals surface area contributed by atoms with Gasteiger partial charge in [-0.2, -0.15) is 0 Å². The third-order valence-electron chi connectivity index (χ3n) is 4.99. The second-order valence-electron chi connectivity index (χ2n) is 7.87. The molecule has 32 heavy (non-hydrogen) atoms. The third-order valence-corrected chi connectivity index (χ3v) is 6.04. The van der Waals surface area contributed by atoms with Crippen LogP contribution in [0.25, 0.3) is 0 Å². The van der Waals surface area contributed by atoms with Crippen molar-refractivity contribution in [1.82, 2.24) is 0 Å². The van der Waals surface area contributed by atoms with Crippen molar-refractivity contribution in [3.63, 3.8) is 0 Å². The topological polar surface area (TPSA) is 110 Å². The normalized spacial score (nSPS) is 12.3. The Kier molecular flexibility index (Phi) is 23.6. The van der Waals surface area contributed by atoms with Gasteiger partial charge < -0.3 is 14.0 Å². The van der Waals surface area contributed by atoms with Crippen molar-refractivity contribution in [1.29, 1.82) is 0 Å².